The molecule has 34 heavy (non-hydrogen) atoms. The Hall–Kier alpha value is -3.51. The molecule has 14 heteroatoms. The number of carbonyl (C=O) groups is 1. The molecule has 0 aliphatic carbocycles. The Morgan fingerprint density at radius 1 is 1.03 bits per heavy atom. The van der Waals surface area contributed by atoms with Crippen molar-refractivity contribution in [3.8, 4) is 11.5 Å². The van der Waals surface area contributed by atoms with Gasteiger partial charge in [-0.15, -0.1) is 0 Å². The average Bonchev–Trinajstić information content (AvgIpc) is 2.81. The highest BCUT2D eigenvalue weighted by Gasteiger charge is 2.32. The van der Waals surface area contributed by atoms with Gasteiger partial charge in [-0.05, 0) is 12.1 Å². The molecule has 0 atom stereocenters. The summed E-state index contributed by atoms with van der Waals surface area (Å²) in [7, 11) is 4.22. The molecule has 3 rings (SSSR count). The van der Waals surface area contributed by atoms with Crippen LogP contribution in [0.4, 0.5) is 41.0 Å². The van der Waals surface area contributed by atoms with E-state index in [0.29, 0.717) is 0 Å². The van der Waals surface area contributed by atoms with Gasteiger partial charge in [-0.25, -0.2) is 19.7 Å². The second kappa shape index (κ2) is 10.2. The number of pyridine rings is 1. The molecular weight excluding hydrogens is 500 g/mol. The number of benzene rings is 1. The molecule has 3 aromatic rings. The molecular formula is C20H17Cl2F3N6O3. The number of amides is 2. The van der Waals surface area contributed by atoms with Gasteiger partial charge in [0.1, 0.15) is 45.2 Å². The zero-order valence-electron chi connectivity index (χ0n) is 17.9. The van der Waals surface area contributed by atoms with Crippen molar-refractivity contribution in [2.45, 2.75) is 6.18 Å². The van der Waals surface area contributed by atoms with E-state index in [1.807, 2.05) is 0 Å². The Kier molecular flexibility index (Phi) is 7.52. The zero-order chi connectivity index (χ0) is 25.0. The number of halogens is 5. The molecule has 1 aromatic carbocycles. The smallest absolute Gasteiger partial charge is 0.433 e. The van der Waals surface area contributed by atoms with E-state index in [9.17, 15) is 18.0 Å². The summed E-state index contributed by atoms with van der Waals surface area (Å²) in [6.07, 6.45) is -2.36. The summed E-state index contributed by atoms with van der Waals surface area (Å²) in [5.74, 6) is 0.849. The molecule has 2 amide bonds. The molecule has 2 N–H and O–H groups in total. The van der Waals surface area contributed by atoms with Gasteiger partial charge in [0.15, 0.2) is 0 Å². The minimum Gasteiger partial charge on any atom is -0.495 e. The predicted octanol–water partition coefficient (Wildman–Crippen LogP) is 5.63. The van der Waals surface area contributed by atoms with Crippen molar-refractivity contribution in [3.05, 3.63) is 52.5 Å². The molecule has 9 nitrogen and oxygen atoms in total. The second-order valence-electron chi connectivity index (χ2n) is 6.59. The fourth-order valence-corrected chi connectivity index (χ4v) is 3.27. The summed E-state index contributed by atoms with van der Waals surface area (Å²) < 4.78 is 48.4. The van der Waals surface area contributed by atoms with Gasteiger partial charge in [0.2, 0.25) is 0 Å². The van der Waals surface area contributed by atoms with Crippen LogP contribution < -0.4 is 25.0 Å². The van der Waals surface area contributed by atoms with Gasteiger partial charge in [0.05, 0.1) is 31.8 Å². The average molecular weight is 517 g/mol. The monoisotopic (exact) mass is 516 g/mol. The highest BCUT2D eigenvalue weighted by Crippen LogP contribution is 2.44. The maximum absolute atomic E-state index is 12.8. The zero-order valence-corrected chi connectivity index (χ0v) is 19.4. The molecule has 0 saturated carbocycles. The lowest BCUT2D eigenvalue weighted by Gasteiger charge is -2.20. The summed E-state index contributed by atoms with van der Waals surface area (Å²) in [6, 6.07) is 4.27. The maximum atomic E-state index is 12.8. The number of methoxy groups -OCH3 is 2. The van der Waals surface area contributed by atoms with Gasteiger partial charge >= 0.3 is 12.2 Å². The van der Waals surface area contributed by atoms with Crippen LogP contribution in [0.2, 0.25) is 10.0 Å². The molecule has 2 heterocycles. The summed E-state index contributed by atoms with van der Waals surface area (Å²) in [4.78, 5) is 25.4. The lowest BCUT2D eigenvalue weighted by atomic mass is 10.2. The van der Waals surface area contributed by atoms with Crippen molar-refractivity contribution in [1.82, 2.24) is 15.0 Å². The Labute approximate surface area is 201 Å². The molecule has 0 fully saturated rings. The SMILES string of the molecule is COc1cc(OC)c(Cl)c(NC(=O)N(C)c2cc(Nc3ccc(C(F)(F)F)nc3)ncn2)c1Cl. The minimum atomic E-state index is -4.55. The van der Waals surface area contributed by atoms with Crippen molar-refractivity contribution in [3.63, 3.8) is 0 Å². The number of hydrogen-bond donors (Lipinski definition) is 2. The second-order valence-corrected chi connectivity index (χ2v) is 7.35. The number of carbonyl (C=O) groups excluding carboxylic acids is 1. The third kappa shape index (κ3) is 5.51. The fraction of sp³-hybridized carbons (Fsp3) is 0.200. The first-order chi connectivity index (χ1) is 16.0. The highest BCUT2D eigenvalue weighted by molar-refractivity contribution is 6.41. The molecule has 0 spiro atoms. The summed E-state index contributed by atoms with van der Waals surface area (Å²) >= 11 is 12.6. The fourth-order valence-electron chi connectivity index (χ4n) is 2.67. The summed E-state index contributed by atoms with van der Waals surface area (Å²) in [5.41, 5.74) is -0.698. The number of hydrogen-bond acceptors (Lipinski definition) is 7. The van der Waals surface area contributed by atoms with Gasteiger partial charge in [-0.1, -0.05) is 23.2 Å². The van der Waals surface area contributed by atoms with Crippen LogP contribution in [0, 0.1) is 0 Å². The van der Waals surface area contributed by atoms with Crippen LogP contribution in [0.5, 0.6) is 11.5 Å². The van der Waals surface area contributed by atoms with Crippen molar-refractivity contribution in [2.75, 3.05) is 36.8 Å². The van der Waals surface area contributed by atoms with Crippen molar-refractivity contribution < 1.29 is 27.4 Å². The molecule has 0 aliphatic heterocycles. The van der Waals surface area contributed by atoms with Gasteiger partial charge in [-0.2, -0.15) is 13.2 Å². The number of rotatable bonds is 6. The Bertz CT molecular complexity index is 1170. The van der Waals surface area contributed by atoms with Crippen LogP contribution in [-0.2, 0) is 6.18 Å². The Morgan fingerprint density at radius 3 is 2.21 bits per heavy atom. The minimum absolute atomic E-state index is 0.0647. The van der Waals surface area contributed by atoms with E-state index in [0.717, 1.165) is 17.2 Å². The van der Waals surface area contributed by atoms with Crippen LogP contribution >= 0.6 is 23.2 Å². The van der Waals surface area contributed by atoms with Gasteiger partial charge in [0.25, 0.3) is 0 Å². The maximum Gasteiger partial charge on any atom is 0.433 e. The molecule has 0 aliphatic rings. The lowest BCUT2D eigenvalue weighted by molar-refractivity contribution is -0.141. The summed E-state index contributed by atoms with van der Waals surface area (Å²) in [6.45, 7) is 0. The third-order valence-electron chi connectivity index (χ3n) is 4.43. The van der Waals surface area contributed by atoms with Crippen molar-refractivity contribution in [1.29, 1.82) is 0 Å². The van der Waals surface area contributed by atoms with E-state index in [4.69, 9.17) is 32.7 Å². The molecule has 0 unspecified atom stereocenters. The largest absolute Gasteiger partial charge is 0.495 e. The van der Waals surface area contributed by atoms with Gasteiger partial charge in [-0.3, -0.25) is 4.90 Å². The van der Waals surface area contributed by atoms with E-state index in [2.05, 4.69) is 25.6 Å². The van der Waals surface area contributed by atoms with E-state index >= 15 is 0 Å². The first-order valence-electron chi connectivity index (χ1n) is 9.32. The Morgan fingerprint density at radius 2 is 1.68 bits per heavy atom. The van der Waals surface area contributed by atoms with E-state index < -0.39 is 17.9 Å². The van der Waals surface area contributed by atoms with Crippen LogP contribution in [0.25, 0.3) is 0 Å². The summed E-state index contributed by atoms with van der Waals surface area (Å²) in [5, 5.41) is 5.51. The Balaban J connectivity index is 1.79. The van der Waals surface area contributed by atoms with Crippen LogP contribution in [0.3, 0.4) is 0 Å². The molecule has 0 radical (unpaired) electrons. The molecule has 180 valence electrons. The first kappa shape index (κ1) is 25.1. The highest BCUT2D eigenvalue weighted by atomic mass is 35.5. The van der Waals surface area contributed by atoms with Gasteiger partial charge in [0, 0.05) is 19.2 Å². The standard InChI is InChI=1S/C20H17Cl2F3N6O3/c1-31(19(32)30-18-16(21)11(33-2)6-12(34-3)17(18)22)15-7-14(27-9-28-15)29-10-4-5-13(26-8-10)20(23,24)25/h4-9H,1-3H3,(H,30,32)(H,27,28,29). The lowest BCUT2D eigenvalue weighted by Crippen LogP contribution is -2.32. The number of nitrogens with one attached hydrogen (secondary N) is 2. The number of urea groups is 1. The van der Waals surface area contributed by atoms with Crippen molar-refractivity contribution >= 4 is 52.2 Å². The number of nitrogens with zero attached hydrogens (tertiary/aromatic N) is 4. The first-order valence-corrected chi connectivity index (χ1v) is 10.1. The van der Waals surface area contributed by atoms with Crippen LogP contribution in [0.1, 0.15) is 5.69 Å². The van der Waals surface area contributed by atoms with Gasteiger partial charge < -0.3 is 20.1 Å². The van der Waals surface area contributed by atoms with Crippen LogP contribution in [-0.4, -0.2) is 42.3 Å². The number of alkyl halides is 3. The molecule has 2 aromatic heterocycles. The van der Waals surface area contributed by atoms with Crippen LogP contribution in [0.15, 0.2) is 36.8 Å². The van der Waals surface area contributed by atoms with E-state index in [1.165, 1.54) is 45.8 Å². The number of ether oxygens (including phenoxy) is 2. The van der Waals surface area contributed by atoms with E-state index in [-0.39, 0.29) is 44.6 Å². The predicted molar refractivity (Wildman–Crippen MR) is 122 cm³/mol. The number of aromatic nitrogens is 3. The number of anilines is 4. The normalized spacial score (nSPS) is 11.1. The quantitative estimate of drug-likeness (QED) is 0.437. The van der Waals surface area contributed by atoms with E-state index in [1.54, 1.807) is 0 Å². The molecule has 0 saturated heterocycles. The van der Waals surface area contributed by atoms with Crippen molar-refractivity contribution in [2.24, 2.45) is 0 Å². The molecule has 0 bridgehead atoms. The topological polar surface area (TPSA) is 102 Å². The third-order valence-corrected chi connectivity index (χ3v) is 5.18.